The Balaban J connectivity index is 1.95. The van der Waals surface area contributed by atoms with E-state index in [1.807, 2.05) is 6.92 Å². The summed E-state index contributed by atoms with van der Waals surface area (Å²) < 4.78 is 31.1. The summed E-state index contributed by atoms with van der Waals surface area (Å²) in [6.45, 7) is 4.74. The number of carbonyl (C=O) groups excluding carboxylic acids is 1. The van der Waals surface area contributed by atoms with Crippen molar-refractivity contribution < 1.29 is 17.9 Å². The SMILES string of the molecule is CCOc1ccccc1N(CC(=O)NCCC1CCN(C)CC1)S(C)(=O)=O. The molecule has 0 aromatic heterocycles. The Hall–Kier alpha value is -1.80. The monoisotopic (exact) mass is 397 g/mol. The van der Waals surface area contributed by atoms with Gasteiger partial charge in [-0.25, -0.2) is 8.42 Å². The molecular weight excluding hydrogens is 366 g/mol. The Morgan fingerprint density at radius 2 is 1.96 bits per heavy atom. The van der Waals surface area contributed by atoms with Gasteiger partial charge in [0, 0.05) is 6.54 Å². The van der Waals surface area contributed by atoms with Crippen LogP contribution in [-0.4, -0.2) is 65.3 Å². The molecule has 0 saturated carbocycles. The lowest BCUT2D eigenvalue weighted by molar-refractivity contribution is -0.119. The maximum Gasteiger partial charge on any atom is 0.240 e. The van der Waals surface area contributed by atoms with Crippen molar-refractivity contribution in [3.05, 3.63) is 24.3 Å². The summed E-state index contributed by atoms with van der Waals surface area (Å²) in [6, 6.07) is 6.86. The summed E-state index contributed by atoms with van der Waals surface area (Å²) in [6.07, 6.45) is 4.31. The van der Waals surface area contributed by atoms with Crippen molar-refractivity contribution in [1.29, 1.82) is 0 Å². The highest BCUT2D eigenvalue weighted by Crippen LogP contribution is 2.29. The Morgan fingerprint density at radius 3 is 2.59 bits per heavy atom. The van der Waals surface area contributed by atoms with Crippen LogP contribution in [0.1, 0.15) is 26.2 Å². The molecule has 7 nitrogen and oxygen atoms in total. The van der Waals surface area contributed by atoms with E-state index in [-0.39, 0.29) is 12.5 Å². The number of hydrogen-bond donors (Lipinski definition) is 1. The zero-order valence-corrected chi connectivity index (χ0v) is 17.3. The molecule has 27 heavy (non-hydrogen) atoms. The number of sulfonamides is 1. The molecule has 1 heterocycles. The molecule has 0 spiro atoms. The topological polar surface area (TPSA) is 79.0 Å². The molecule has 0 unspecified atom stereocenters. The number of hydrogen-bond acceptors (Lipinski definition) is 5. The first-order chi connectivity index (χ1) is 12.8. The van der Waals surface area contributed by atoms with Crippen LogP contribution < -0.4 is 14.4 Å². The van der Waals surface area contributed by atoms with Gasteiger partial charge in [-0.05, 0) is 64.4 Å². The van der Waals surface area contributed by atoms with Crippen molar-refractivity contribution in [3.8, 4) is 5.75 Å². The molecule has 8 heteroatoms. The number of amides is 1. The Kier molecular flexibility index (Phi) is 7.91. The molecule has 1 amide bonds. The number of para-hydroxylation sites is 2. The van der Waals surface area contributed by atoms with Gasteiger partial charge in [0.05, 0.1) is 18.6 Å². The molecule has 152 valence electrons. The lowest BCUT2D eigenvalue weighted by Gasteiger charge is -2.29. The fraction of sp³-hybridized carbons (Fsp3) is 0.632. The number of benzene rings is 1. The number of anilines is 1. The highest BCUT2D eigenvalue weighted by atomic mass is 32.2. The molecule has 2 rings (SSSR count). The number of carbonyl (C=O) groups is 1. The standard InChI is InChI=1S/C19H31N3O4S/c1-4-26-18-8-6-5-7-17(18)22(27(3,24)25)15-19(23)20-12-9-16-10-13-21(2)14-11-16/h5-8,16H,4,9-15H2,1-3H3,(H,20,23). The average molecular weight is 398 g/mol. The van der Waals surface area contributed by atoms with Gasteiger partial charge in [0.25, 0.3) is 0 Å². The Morgan fingerprint density at radius 1 is 1.30 bits per heavy atom. The molecule has 1 aliphatic rings. The molecule has 0 aliphatic carbocycles. The van der Waals surface area contributed by atoms with Crippen LogP contribution in [0, 0.1) is 5.92 Å². The lowest BCUT2D eigenvalue weighted by Crippen LogP contribution is -2.41. The largest absolute Gasteiger partial charge is 0.492 e. The fourth-order valence-corrected chi connectivity index (χ4v) is 4.13. The van der Waals surface area contributed by atoms with Gasteiger partial charge in [-0.15, -0.1) is 0 Å². The minimum atomic E-state index is -3.62. The summed E-state index contributed by atoms with van der Waals surface area (Å²) >= 11 is 0. The van der Waals surface area contributed by atoms with Crippen molar-refractivity contribution in [3.63, 3.8) is 0 Å². The molecule has 1 fully saturated rings. The molecule has 1 aromatic carbocycles. The quantitative estimate of drug-likeness (QED) is 0.686. The van der Waals surface area contributed by atoms with E-state index in [1.165, 1.54) is 0 Å². The zero-order valence-electron chi connectivity index (χ0n) is 16.5. The van der Waals surface area contributed by atoms with Crippen molar-refractivity contribution >= 4 is 21.6 Å². The predicted octanol–water partition coefficient (Wildman–Crippen LogP) is 1.70. The summed E-state index contributed by atoms with van der Waals surface area (Å²) in [5.41, 5.74) is 0.382. The van der Waals surface area contributed by atoms with Crippen LogP contribution in [0.2, 0.25) is 0 Å². The summed E-state index contributed by atoms with van der Waals surface area (Å²) in [5, 5.41) is 2.87. The number of piperidine rings is 1. The van der Waals surface area contributed by atoms with Gasteiger partial charge in [0.15, 0.2) is 0 Å². The molecule has 1 N–H and O–H groups in total. The highest BCUT2D eigenvalue weighted by Gasteiger charge is 2.24. The van der Waals surface area contributed by atoms with Gasteiger partial charge < -0.3 is 15.0 Å². The normalized spacial score (nSPS) is 16.1. The second-order valence-electron chi connectivity index (χ2n) is 7.06. The van der Waals surface area contributed by atoms with Crippen LogP contribution in [-0.2, 0) is 14.8 Å². The van der Waals surface area contributed by atoms with Gasteiger partial charge in [-0.3, -0.25) is 9.10 Å². The first-order valence-corrected chi connectivity index (χ1v) is 11.3. The van der Waals surface area contributed by atoms with Gasteiger partial charge in [0.2, 0.25) is 15.9 Å². The minimum absolute atomic E-state index is 0.254. The Labute approximate surface area is 162 Å². The number of ether oxygens (including phenoxy) is 1. The fourth-order valence-electron chi connectivity index (χ4n) is 3.27. The van der Waals surface area contributed by atoms with Crippen LogP contribution in [0.3, 0.4) is 0 Å². The second-order valence-corrected chi connectivity index (χ2v) is 8.96. The van der Waals surface area contributed by atoms with Crippen LogP contribution >= 0.6 is 0 Å². The number of likely N-dealkylation sites (tertiary alicyclic amines) is 1. The van der Waals surface area contributed by atoms with E-state index < -0.39 is 10.0 Å². The number of nitrogens with one attached hydrogen (secondary N) is 1. The van der Waals surface area contributed by atoms with Crippen LogP contribution in [0.25, 0.3) is 0 Å². The van der Waals surface area contributed by atoms with Crippen molar-refractivity contribution in [2.24, 2.45) is 5.92 Å². The van der Waals surface area contributed by atoms with Crippen LogP contribution in [0.4, 0.5) is 5.69 Å². The van der Waals surface area contributed by atoms with Crippen LogP contribution in [0.15, 0.2) is 24.3 Å². The van der Waals surface area contributed by atoms with E-state index in [0.717, 1.165) is 42.9 Å². The summed E-state index contributed by atoms with van der Waals surface area (Å²) in [7, 11) is -1.50. The van der Waals surface area contributed by atoms with E-state index in [4.69, 9.17) is 4.74 Å². The lowest BCUT2D eigenvalue weighted by atomic mass is 9.94. The third-order valence-electron chi connectivity index (χ3n) is 4.83. The van der Waals surface area contributed by atoms with Gasteiger partial charge in [-0.1, -0.05) is 12.1 Å². The Bertz CT molecular complexity index is 715. The average Bonchev–Trinajstić information content (AvgIpc) is 2.61. The van der Waals surface area contributed by atoms with E-state index >= 15 is 0 Å². The van der Waals surface area contributed by atoms with E-state index in [9.17, 15) is 13.2 Å². The molecule has 1 saturated heterocycles. The molecule has 0 atom stereocenters. The molecular formula is C19H31N3O4S. The zero-order chi connectivity index (χ0) is 19.9. The molecule has 1 aliphatic heterocycles. The molecule has 0 bridgehead atoms. The number of rotatable bonds is 9. The van der Waals surface area contributed by atoms with Crippen molar-refractivity contribution in [2.75, 3.05) is 50.4 Å². The van der Waals surface area contributed by atoms with E-state index in [1.54, 1.807) is 24.3 Å². The predicted molar refractivity (Wildman–Crippen MR) is 108 cm³/mol. The van der Waals surface area contributed by atoms with Gasteiger partial charge in [-0.2, -0.15) is 0 Å². The smallest absolute Gasteiger partial charge is 0.240 e. The first-order valence-electron chi connectivity index (χ1n) is 9.46. The summed E-state index contributed by atoms with van der Waals surface area (Å²) in [4.78, 5) is 14.7. The second kappa shape index (κ2) is 9.94. The maximum absolute atomic E-state index is 12.4. The van der Waals surface area contributed by atoms with E-state index in [2.05, 4.69) is 17.3 Å². The van der Waals surface area contributed by atoms with Gasteiger partial charge in [0.1, 0.15) is 12.3 Å². The molecule has 1 aromatic rings. The van der Waals surface area contributed by atoms with E-state index in [0.29, 0.717) is 30.5 Å². The third-order valence-corrected chi connectivity index (χ3v) is 5.96. The molecule has 0 radical (unpaired) electrons. The first kappa shape index (κ1) is 21.5. The van der Waals surface area contributed by atoms with Crippen molar-refractivity contribution in [2.45, 2.75) is 26.2 Å². The maximum atomic E-state index is 12.4. The third kappa shape index (κ3) is 6.70. The van der Waals surface area contributed by atoms with Crippen LogP contribution in [0.5, 0.6) is 5.75 Å². The minimum Gasteiger partial charge on any atom is -0.492 e. The summed E-state index contributed by atoms with van der Waals surface area (Å²) in [5.74, 6) is 0.760. The van der Waals surface area contributed by atoms with Gasteiger partial charge >= 0.3 is 0 Å². The highest BCUT2D eigenvalue weighted by molar-refractivity contribution is 7.92. The van der Waals surface area contributed by atoms with Crippen molar-refractivity contribution in [1.82, 2.24) is 10.2 Å². The number of nitrogens with zero attached hydrogens (tertiary/aromatic N) is 2.